The van der Waals surface area contributed by atoms with Crippen LogP contribution in [0.2, 0.25) is 0 Å². The third-order valence-electron chi connectivity index (χ3n) is 4.38. The molecule has 1 aromatic carbocycles. The summed E-state index contributed by atoms with van der Waals surface area (Å²) >= 11 is 0. The number of likely N-dealkylation sites (tertiary alicyclic amines) is 1. The van der Waals surface area contributed by atoms with Crippen molar-refractivity contribution >= 4 is 17.6 Å². The number of hydrogen-bond acceptors (Lipinski definition) is 4. The number of nitro groups is 1. The van der Waals surface area contributed by atoms with Crippen LogP contribution in [0.5, 0.6) is 0 Å². The van der Waals surface area contributed by atoms with Gasteiger partial charge in [-0.05, 0) is 24.3 Å². The number of rotatable bonds is 3. The highest BCUT2D eigenvalue weighted by molar-refractivity contribution is 5.95. The van der Waals surface area contributed by atoms with E-state index in [2.05, 4.69) is 0 Å². The smallest absolute Gasteiger partial charge is 0.306 e. The van der Waals surface area contributed by atoms with Crippen LogP contribution in [-0.4, -0.2) is 39.9 Å². The lowest BCUT2D eigenvalue weighted by molar-refractivity contribution is -0.386. The molecule has 2 rings (SSSR count). The molecule has 0 saturated carbocycles. The largest absolute Gasteiger partial charge is 0.481 e. The van der Waals surface area contributed by atoms with E-state index < -0.39 is 22.2 Å². The molecule has 0 atom stereocenters. The molecule has 1 aliphatic rings. The van der Waals surface area contributed by atoms with Crippen molar-refractivity contribution in [1.82, 2.24) is 4.90 Å². The fourth-order valence-electron chi connectivity index (χ4n) is 2.96. The van der Waals surface area contributed by atoms with Gasteiger partial charge < -0.3 is 10.0 Å². The number of carboxylic acid groups (broad SMARTS) is 1. The lowest BCUT2D eigenvalue weighted by atomic mass is 9.85. The molecule has 0 radical (unpaired) electrons. The van der Waals surface area contributed by atoms with Crippen molar-refractivity contribution in [3.8, 4) is 0 Å². The summed E-state index contributed by atoms with van der Waals surface area (Å²) in [6, 6.07) is 4.57. The molecule has 130 valence electrons. The van der Waals surface area contributed by atoms with Gasteiger partial charge in [-0.3, -0.25) is 19.7 Å². The van der Waals surface area contributed by atoms with Gasteiger partial charge in [0.2, 0.25) is 0 Å². The van der Waals surface area contributed by atoms with Gasteiger partial charge in [0.15, 0.2) is 0 Å². The number of aliphatic carboxylic acids is 1. The van der Waals surface area contributed by atoms with E-state index in [1.807, 2.05) is 20.8 Å². The quantitative estimate of drug-likeness (QED) is 0.676. The zero-order valence-electron chi connectivity index (χ0n) is 14.1. The molecule has 7 heteroatoms. The predicted molar refractivity (Wildman–Crippen MR) is 88.1 cm³/mol. The normalized spacial score (nSPS) is 16.0. The van der Waals surface area contributed by atoms with Crippen molar-refractivity contribution in [3.63, 3.8) is 0 Å². The first-order valence-corrected chi connectivity index (χ1v) is 7.92. The first kappa shape index (κ1) is 17.9. The molecule has 0 aliphatic carbocycles. The van der Waals surface area contributed by atoms with Crippen molar-refractivity contribution in [2.24, 2.45) is 5.92 Å². The van der Waals surface area contributed by atoms with E-state index in [0.717, 1.165) is 0 Å². The van der Waals surface area contributed by atoms with Crippen LogP contribution < -0.4 is 0 Å². The Morgan fingerprint density at radius 2 is 1.83 bits per heavy atom. The highest BCUT2D eigenvalue weighted by atomic mass is 16.6. The van der Waals surface area contributed by atoms with E-state index >= 15 is 0 Å². The zero-order chi connectivity index (χ0) is 18.1. The molecule has 24 heavy (non-hydrogen) atoms. The van der Waals surface area contributed by atoms with Gasteiger partial charge in [-0.25, -0.2) is 0 Å². The highest BCUT2D eigenvalue weighted by Crippen LogP contribution is 2.32. The van der Waals surface area contributed by atoms with Gasteiger partial charge in [-0.15, -0.1) is 0 Å². The van der Waals surface area contributed by atoms with Crippen LogP contribution in [0.1, 0.15) is 49.5 Å². The van der Waals surface area contributed by atoms with Crippen molar-refractivity contribution in [3.05, 3.63) is 39.4 Å². The van der Waals surface area contributed by atoms with Gasteiger partial charge in [0, 0.05) is 30.3 Å². The van der Waals surface area contributed by atoms with Crippen LogP contribution in [0.25, 0.3) is 0 Å². The molecule has 1 aliphatic heterocycles. The highest BCUT2D eigenvalue weighted by Gasteiger charge is 2.30. The number of amides is 1. The monoisotopic (exact) mass is 334 g/mol. The summed E-state index contributed by atoms with van der Waals surface area (Å²) in [5.41, 5.74) is 0.384. The Hall–Kier alpha value is -2.44. The maximum atomic E-state index is 12.6. The summed E-state index contributed by atoms with van der Waals surface area (Å²) in [6.45, 7) is 6.35. The van der Waals surface area contributed by atoms with Crippen molar-refractivity contribution in [2.75, 3.05) is 13.1 Å². The maximum absolute atomic E-state index is 12.6. The van der Waals surface area contributed by atoms with Gasteiger partial charge in [0.25, 0.3) is 11.6 Å². The molecule has 1 saturated heterocycles. The Labute approximate surface area is 140 Å². The SMILES string of the molecule is CC(C)(C)c1ccc(C(=O)N2CCC(C(=O)O)CC2)cc1[N+](=O)[O-]. The fourth-order valence-corrected chi connectivity index (χ4v) is 2.96. The Kier molecular flexibility index (Phi) is 4.91. The second-order valence-corrected chi connectivity index (χ2v) is 7.14. The van der Waals surface area contributed by atoms with Crippen LogP contribution in [0.15, 0.2) is 18.2 Å². The molecule has 0 spiro atoms. The van der Waals surface area contributed by atoms with E-state index in [9.17, 15) is 19.7 Å². The van der Waals surface area contributed by atoms with Crippen LogP contribution in [0, 0.1) is 16.0 Å². The topological polar surface area (TPSA) is 101 Å². The molecular weight excluding hydrogens is 312 g/mol. The summed E-state index contributed by atoms with van der Waals surface area (Å²) in [7, 11) is 0. The third kappa shape index (κ3) is 3.72. The lowest BCUT2D eigenvalue weighted by Crippen LogP contribution is -2.40. The molecule has 0 bridgehead atoms. The number of benzene rings is 1. The van der Waals surface area contributed by atoms with Crippen molar-refractivity contribution in [2.45, 2.75) is 39.0 Å². The summed E-state index contributed by atoms with van der Waals surface area (Å²) < 4.78 is 0. The predicted octanol–water partition coefficient (Wildman–Crippen LogP) is 2.83. The number of hydrogen-bond donors (Lipinski definition) is 1. The number of carboxylic acids is 1. The van der Waals surface area contributed by atoms with Gasteiger partial charge >= 0.3 is 5.97 Å². The van der Waals surface area contributed by atoms with Gasteiger partial charge in [-0.1, -0.05) is 26.8 Å². The van der Waals surface area contributed by atoms with E-state index in [-0.39, 0.29) is 17.2 Å². The molecule has 0 aromatic heterocycles. The second-order valence-electron chi connectivity index (χ2n) is 7.14. The molecule has 7 nitrogen and oxygen atoms in total. The minimum absolute atomic E-state index is 0.0613. The summed E-state index contributed by atoms with van der Waals surface area (Å²) in [6.07, 6.45) is 0.812. The molecular formula is C17H22N2O5. The number of nitro benzene ring substituents is 1. The van der Waals surface area contributed by atoms with E-state index in [1.54, 1.807) is 17.0 Å². The number of carbonyl (C=O) groups excluding carboxylic acids is 1. The second kappa shape index (κ2) is 6.59. The fraction of sp³-hybridized carbons (Fsp3) is 0.529. The Balaban J connectivity index is 2.23. The van der Waals surface area contributed by atoms with Gasteiger partial charge in [0.05, 0.1) is 10.8 Å². The summed E-state index contributed by atoms with van der Waals surface area (Å²) in [5.74, 6) is -1.55. The van der Waals surface area contributed by atoms with E-state index in [4.69, 9.17) is 5.11 Å². The average molecular weight is 334 g/mol. The van der Waals surface area contributed by atoms with Crippen molar-refractivity contribution in [1.29, 1.82) is 0 Å². The van der Waals surface area contributed by atoms with Gasteiger partial charge in [0.1, 0.15) is 0 Å². The Morgan fingerprint density at radius 3 is 2.29 bits per heavy atom. The zero-order valence-corrected chi connectivity index (χ0v) is 14.1. The summed E-state index contributed by atoms with van der Waals surface area (Å²) in [4.78, 5) is 36.0. The minimum Gasteiger partial charge on any atom is -0.481 e. The molecule has 1 heterocycles. The molecule has 1 amide bonds. The number of carbonyl (C=O) groups is 2. The lowest BCUT2D eigenvalue weighted by Gasteiger charge is -2.30. The van der Waals surface area contributed by atoms with Crippen LogP contribution in [-0.2, 0) is 10.2 Å². The average Bonchev–Trinajstić information content (AvgIpc) is 2.52. The first-order chi connectivity index (χ1) is 11.1. The minimum atomic E-state index is -0.840. The molecule has 0 unspecified atom stereocenters. The first-order valence-electron chi connectivity index (χ1n) is 7.92. The van der Waals surface area contributed by atoms with E-state index in [1.165, 1.54) is 6.07 Å². The molecule has 1 fully saturated rings. The van der Waals surface area contributed by atoms with Crippen LogP contribution >= 0.6 is 0 Å². The maximum Gasteiger partial charge on any atom is 0.306 e. The standard InChI is InChI=1S/C17H22N2O5/c1-17(2,3)13-5-4-12(10-14(13)19(23)24)15(20)18-8-6-11(7-9-18)16(21)22/h4-5,10-11H,6-9H2,1-3H3,(H,21,22). The third-order valence-corrected chi connectivity index (χ3v) is 4.38. The van der Waals surface area contributed by atoms with Crippen LogP contribution in [0.3, 0.4) is 0 Å². The van der Waals surface area contributed by atoms with E-state index in [0.29, 0.717) is 31.5 Å². The summed E-state index contributed by atoms with van der Waals surface area (Å²) in [5, 5.41) is 20.4. The Bertz CT molecular complexity index is 670. The number of piperidine rings is 1. The van der Waals surface area contributed by atoms with Gasteiger partial charge in [-0.2, -0.15) is 0 Å². The van der Waals surface area contributed by atoms with Crippen molar-refractivity contribution < 1.29 is 19.6 Å². The molecule has 1 aromatic rings. The number of nitrogens with zero attached hydrogens (tertiary/aromatic N) is 2. The Morgan fingerprint density at radius 1 is 1.25 bits per heavy atom. The van der Waals surface area contributed by atoms with Crippen LogP contribution in [0.4, 0.5) is 5.69 Å². The molecule has 1 N–H and O–H groups in total.